The zero-order valence-corrected chi connectivity index (χ0v) is 8.94. The summed E-state index contributed by atoms with van der Waals surface area (Å²) in [7, 11) is 0. The molecule has 5 nitrogen and oxygen atoms in total. The summed E-state index contributed by atoms with van der Waals surface area (Å²) in [4.78, 5) is 10.7. The van der Waals surface area contributed by atoms with Crippen molar-refractivity contribution in [2.75, 3.05) is 0 Å². The van der Waals surface area contributed by atoms with Crippen LogP contribution >= 0.6 is 0 Å². The lowest BCUT2D eigenvalue weighted by molar-refractivity contribution is 0.0690. The van der Waals surface area contributed by atoms with E-state index in [-0.39, 0.29) is 22.5 Å². The van der Waals surface area contributed by atoms with E-state index in [4.69, 9.17) is 10.2 Å². The number of aromatic nitrogens is 2. The molecule has 1 heterocycles. The number of H-pyrrole nitrogens is 1. The molecule has 0 aliphatic carbocycles. The van der Waals surface area contributed by atoms with E-state index in [0.29, 0.717) is 0 Å². The van der Waals surface area contributed by atoms with E-state index in [0.717, 1.165) is 12.1 Å². The number of hydrogen-bond acceptors (Lipinski definition) is 3. The fourth-order valence-electron chi connectivity index (χ4n) is 1.53. The summed E-state index contributed by atoms with van der Waals surface area (Å²) >= 11 is 0. The van der Waals surface area contributed by atoms with Crippen LogP contribution in [0.4, 0.5) is 8.78 Å². The van der Waals surface area contributed by atoms with E-state index in [2.05, 4.69) is 10.2 Å². The SMILES string of the molecule is O=C(O)c1cc(-c2cc(F)c(F)cc2CO)n[nH]1. The van der Waals surface area contributed by atoms with Crippen molar-refractivity contribution in [2.45, 2.75) is 6.61 Å². The summed E-state index contributed by atoms with van der Waals surface area (Å²) in [6.07, 6.45) is 0. The standard InChI is InChI=1S/C11H8F2N2O3/c12-7-1-5(4-16)6(2-8(7)13)9-3-10(11(17)18)15-14-9/h1-3,16H,4H2,(H,14,15)(H,17,18). The molecule has 2 rings (SSSR count). The fourth-order valence-corrected chi connectivity index (χ4v) is 1.53. The van der Waals surface area contributed by atoms with Crippen LogP contribution in [-0.2, 0) is 6.61 Å². The number of rotatable bonds is 3. The van der Waals surface area contributed by atoms with Crippen LogP contribution in [0.3, 0.4) is 0 Å². The van der Waals surface area contributed by atoms with Gasteiger partial charge in [-0.15, -0.1) is 0 Å². The molecule has 0 atom stereocenters. The number of aliphatic hydroxyl groups excluding tert-OH is 1. The molecule has 7 heteroatoms. The average molecular weight is 254 g/mol. The Hall–Kier alpha value is -2.28. The van der Waals surface area contributed by atoms with Gasteiger partial charge in [0.1, 0.15) is 5.69 Å². The summed E-state index contributed by atoms with van der Waals surface area (Å²) in [5.74, 6) is -3.40. The fraction of sp³-hybridized carbons (Fsp3) is 0.0909. The molecule has 0 saturated heterocycles. The van der Waals surface area contributed by atoms with E-state index in [1.165, 1.54) is 6.07 Å². The number of hydrogen-bond donors (Lipinski definition) is 3. The van der Waals surface area contributed by atoms with Crippen molar-refractivity contribution in [1.82, 2.24) is 10.2 Å². The van der Waals surface area contributed by atoms with E-state index in [9.17, 15) is 13.6 Å². The van der Waals surface area contributed by atoms with Gasteiger partial charge in [-0.05, 0) is 23.8 Å². The molecule has 1 aromatic heterocycles. The monoisotopic (exact) mass is 254 g/mol. The molecule has 0 radical (unpaired) electrons. The maximum Gasteiger partial charge on any atom is 0.353 e. The van der Waals surface area contributed by atoms with E-state index in [1.54, 1.807) is 0 Å². The first-order chi connectivity index (χ1) is 8.52. The van der Waals surface area contributed by atoms with Crippen molar-refractivity contribution in [3.05, 3.63) is 41.1 Å². The first-order valence-corrected chi connectivity index (χ1v) is 4.90. The lowest BCUT2D eigenvalue weighted by atomic mass is 10.0. The molecule has 0 amide bonds. The minimum Gasteiger partial charge on any atom is -0.477 e. The van der Waals surface area contributed by atoms with Crippen LogP contribution in [0.25, 0.3) is 11.3 Å². The molecular weight excluding hydrogens is 246 g/mol. The molecule has 0 bridgehead atoms. The van der Waals surface area contributed by atoms with Gasteiger partial charge in [0, 0.05) is 5.56 Å². The van der Waals surface area contributed by atoms with Gasteiger partial charge in [0.2, 0.25) is 0 Å². The maximum atomic E-state index is 13.1. The van der Waals surface area contributed by atoms with Gasteiger partial charge in [-0.25, -0.2) is 13.6 Å². The minimum atomic E-state index is -1.22. The zero-order chi connectivity index (χ0) is 13.3. The van der Waals surface area contributed by atoms with Gasteiger partial charge in [0.15, 0.2) is 11.6 Å². The highest BCUT2D eigenvalue weighted by Gasteiger charge is 2.15. The summed E-state index contributed by atoms with van der Waals surface area (Å²) in [6.45, 7) is -0.512. The van der Waals surface area contributed by atoms with Gasteiger partial charge in [-0.1, -0.05) is 0 Å². The topological polar surface area (TPSA) is 86.2 Å². The largest absolute Gasteiger partial charge is 0.477 e. The number of aromatic amines is 1. The molecule has 2 aromatic rings. The number of aromatic carboxylic acids is 1. The molecule has 0 fully saturated rings. The van der Waals surface area contributed by atoms with Crippen molar-refractivity contribution in [3.8, 4) is 11.3 Å². The van der Waals surface area contributed by atoms with Gasteiger partial charge < -0.3 is 10.2 Å². The molecular formula is C11H8F2N2O3. The van der Waals surface area contributed by atoms with Crippen LogP contribution < -0.4 is 0 Å². The van der Waals surface area contributed by atoms with Crippen molar-refractivity contribution in [1.29, 1.82) is 0 Å². The van der Waals surface area contributed by atoms with E-state index >= 15 is 0 Å². The Morgan fingerprint density at radius 1 is 1.28 bits per heavy atom. The van der Waals surface area contributed by atoms with Crippen LogP contribution in [-0.4, -0.2) is 26.4 Å². The number of halogens is 2. The maximum absolute atomic E-state index is 13.1. The normalized spacial score (nSPS) is 10.6. The number of carboxylic acids is 1. The van der Waals surface area contributed by atoms with Crippen molar-refractivity contribution < 1.29 is 23.8 Å². The number of carbonyl (C=O) groups is 1. The molecule has 0 aliphatic heterocycles. The van der Waals surface area contributed by atoms with Crippen molar-refractivity contribution in [3.63, 3.8) is 0 Å². The first kappa shape index (κ1) is 12.2. The summed E-state index contributed by atoms with van der Waals surface area (Å²) in [5.41, 5.74) is 0.200. The molecule has 3 N–H and O–H groups in total. The number of benzene rings is 1. The van der Waals surface area contributed by atoms with Crippen LogP contribution in [0.15, 0.2) is 18.2 Å². The lowest BCUT2D eigenvalue weighted by Gasteiger charge is -2.05. The second kappa shape index (κ2) is 4.53. The number of nitrogens with one attached hydrogen (secondary N) is 1. The molecule has 1 aromatic carbocycles. The third-order valence-corrected chi connectivity index (χ3v) is 2.40. The van der Waals surface area contributed by atoms with E-state index in [1.807, 2.05) is 0 Å². The van der Waals surface area contributed by atoms with Gasteiger partial charge in [0.25, 0.3) is 0 Å². The Morgan fingerprint density at radius 2 is 1.94 bits per heavy atom. The molecule has 0 aliphatic rings. The lowest BCUT2D eigenvalue weighted by Crippen LogP contribution is -1.95. The molecule has 94 valence electrons. The van der Waals surface area contributed by atoms with Crippen LogP contribution in [0, 0.1) is 11.6 Å². The Morgan fingerprint density at radius 3 is 2.50 bits per heavy atom. The summed E-state index contributed by atoms with van der Waals surface area (Å²) in [6, 6.07) is 2.89. The summed E-state index contributed by atoms with van der Waals surface area (Å²) < 4.78 is 26.1. The average Bonchev–Trinajstić information content (AvgIpc) is 2.81. The third-order valence-electron chi connectivity index (χ3n) is 2.40. The van der Waals surface area contributed by atoms with Gasteiger partial charge in [-0.3, -0.25) is 5.10 Å². The molecule has 0 unspecified atom stereocenters. The highest BCUT2D eigenvalue weighted by atomic mass is 19.2. The predicted octanol–water partition coefficient (Wildman–Crippen LogP) is 1.55. The quantitative estimate of drug-likeness (QED) is 0.775. The highest BCUT2D eigenvalue weighted by molar-refractivity contribution is 5.87. The minimum absolute atomic E-state index is 0.121. The second-order valence-corrected chi connectivity index (χ2v) is 3.55. The summed E-state index contributed by atoms with van der Waals surface area (Å²) in [5, 5.41) is 23.7. The van der Waals surface area contributed by atoms with Gasteiger partial charge >= 0.3 is 5.97 Å². The highest BCUT2D eigenvalue weighted by Crippen LogP contribution is 2.25. The Labute approximate surface area is 99.7 Å². The van der Waals surface area contributed by atoms with Crippen LogP contribution in [0.5, 0.6) is 0 Å². The third kappa shape index (κ3) is 2.07. The van der Waals surface area contributed by atoms with Crippen molar-refractivity contribution >= 4 is 5.97 Å². The number of nitrogens with zero attached hydrogens (tertiary/aromatic N) is 1. The van der Waals surface area contributed by atoms with E-state index < -0.39 is 24.2 Å². The predicted molar refractivity (Wildman–Crippen MR) is 56.8 cm³/mol. The smallest absolute Gasteiger partial charge is 0.353 e. The second-order valence-electron chi connectivity index (χ2n) is 3.55. The molecule has 18 heavy (non-hydrogen) atoms. The zero-order valence-electron chi connectivity index (χ0n) is 8.94. The van der Waals surface area contributed by atoms with Crippen LogP contribution in [0.1, 0.15) is 16.1 Å². The van der Waals surface area contributed by atoms with Crippen LogP contribution in [0.2, 0.25) is 0 Å². The number of carboxylic acid groups (broad SMARTS) is 1. The molecule has 0 saturated carbocycles. The Kier molecular flexibility index (Phi) is 3.07. The Balaban J connectivity index is 2.55. The Bertz CT molecular complexity index is 610. The van der Waals surface area contributed by atoms with Crippen molar-refractivity contribution in [2.24, 2.45) is 0 Å². The van der Waals surface area contributed by atoms with Gasteiger partial charge in [0.05, 0.1) is 12.3 Å². The van der Waals surface area contributed by atoms with Gasteiger partial charge in [-0.2, -0.15) is 5.10 Å². The molecule has 0 spiro atoms. The number of aliphatic hydroxyl groups is 1. The first-order valence-electron chi connectivity index (χ1n) is 4.90.